The van der Waals surface area contributed by atoms with Crippen molar-refractivity contribution in [2.24, 2.45) is 0 Å². The zero-order valence-electron chi connectivity index (χ0n) is 11.4. The summed E-state index contributed by atoms with van der Waals surface area (Å²) in [6, 6.07) is 9.36. The topological polar surface area (TPSA) is 64.9 Å². The molecule has 1 amide bonds. The first-order valence-corrected chi connectivity index (χ1v) is 6.39. The van der Waals surface area contributed by atoms with E-state index in [9.17, 15) is 4.79 Å². The van der Waals surface area contributed by atoms with Gasteiger partial charge in [-0.3, -0.25) is 4.79 Å². The van der Waals surface area contributed by atoms with Crippen LogP contribution >= 0.6 is 0 Å². The van der Waals surface area contributed by atoms with Crippen molar-refractivity contribution in [2.45, 2.75) is 26.7 Å². The Balaban J connectivity index is 2.62. The number of carbonyl (C=O) groups excluding carboxylic acids is 1. The molecule has 0 aliphatic carbocycles. The quantitative estimate of drug-likeness (QED) is 0.468. The van der Waals surface area contributed by atoms with Gasteiger partial charge in [0.2, 0.25) is 0 Å². The van der Waals surface area contributed by atoms with E-state index in [0.29, 0.717) is 5.69 Å². The van der Waals surface area contributed by atoms with Crippen molar-refractivity contribution < 1.29 is 4.79 Å². The number of amides is 1. The smallest absolute Gasteiger partial charge is 0.267 e. The second kappa shape index (κ2) is 7.93. The lowest BCUT2D eigenvalue weighted by Crippen LogP contribution is -2.17. The van der Waals surface area contributed by atoms with E-state index in [0.717, 1.165) is 24.9 Å². The van der Waals surface area contributed by atoms with Crippen LogP contribution in [0, 0.1) is 18.3 Å². The van der Waals surface area contributed by atoms with Gasteiger partial charge in [-0.2, -0.15) is 5.26 Å². The largest absolute Gasteiger partial charge is 0.390 e. The Morgan fingerprint density at radius 1 is 1.47 bits per heavy atom. The van der Waals surface area contributed by atoms with Gasteiger partial charge >= 0.3 is 0 Å². The molecule has 1 aromatic carbocycles. The highest BCUT2D eigenvalue weighted by Gasteiger charge is 2.08. The van der Waals surface area contributed by atoms with Crippen LogP contribution in [-0.2, 0) is 4.79 Å². The number of unbranched alkanes of at least 4 members (excludes halogenated alkanes) is 1. The predicted octanol–water partition coefficient (Wildman–Crippen LogP) is 2.73. The Hall–Kier alpha value is -2.28. The van der Waals surface area contributed by atoms with Crippen LogP contribution < -0.4 is 10.6 Å². The molecule has 0 aliphatic heterocycles. The summed E-state index contributed by atoms with van der Waals surface area (Å²) in [5.41, 5.74) is 1.83. The summed E-state index contributed by atoms with van der Waals surface area (Å²) in [4.78, 5) is 11.9. The Morgan fingerprint density at radius 2 is 2.26 bits per heavy atom. The van der Waals surface area contributed by atoms with Crippen molar-refractivity contribution in [2.75, 3.05) is 11.9 Å². The fraction of sp³-hybridized carbons (Fsp3) is 0.333. The van der Waals surface area contributed by atoms with Crippen LogP contribution in [0.2, 0.25) is 0 Å². The summed E-state index contributed by atoms with van der Waals surface area (Å²) in [7, 11) is 0. The molecular formula is C15H19N3O. The average Bonchev–Trinajstić information content (AvgIpc) is 2.38. The molecule has 0 bridgehead atoms. The number of aryl methyl sites for hydroxylation is 1. The lowest BCUT2D eigenvalue weighted by Gasteiger charge is -2.05. The van der Waals surface area contributed by atoms with Gasteiger partial charge in [-0.15, -0.1) is 0 Å². The van der Waals surface area contributed by atoms with E-state index < -0.39 is 5.91 Å². The molecule has 0 spiro atoms. The molecule has 0 saturated heterocycles. The third kappa shape index (κ3) is 5.26. The summed E-state index contributed by atoms with van der Waals surface area (Å²) in [5.74, 6) is -0.392. The van der Waals surface area contributed by atoms with Crippen LogP contribution in [0.4, 0.5) is 5.69 Å². The molecule has 0 radical (unpaired) electrons. The SMILES string of the molecule is CCCCN/C=C(/C#N)C(=O)Nc1cccc(C)c1. The molecule has 19 heavy (non-hydrogen) atoms. The molecule has 0 heterocycles. The second-order valence-corrected chi connectivity index (χ2v) is 4.30. The molecule has 1 rings (SSSR count). The van der Waals surface area contributed by atoms with E-state index >= 15 is 0 Å². The van der Waals surface area contributed by atoms with Gasteiger partial charge in [0, 0.05) is 18.4 Å². The normalized spacial score (nSPS) is 10.7. The predicted molar refractivity (Wildman–Crippen MR) is 76.4 cm³/mol. The highest BCUT2D eigenvalue weighted by atomic mass is 16.1. The van der Waals surface area contributed by atoms with Crippen molar-refractivity contribution in [1.82, 2.24) is 5.32 Å². The maximum absolute atomic E-state index is 11.9. The molecule has 4 heteroatoms. The van der Waals surface area contributed by atoms with E-state index in [1.807, 2.05) is 31.2 Å². The summed E-state index contributed by atoms with van der Waals surface area (Å²) < 4.78 is 0. The third-order valence-electron chi connectivity index (χ3n) is 2.56. The van der Waals surface area contributed by atoms with Gasteiger partial charge in [0.1, 0.15) is 11.6 Å². The van der Waals surface area contributed by atoms with Gasteiger partial charge < -0.3 is 10.6 Å². The minimum atomic E-state index is -0.392. The van der Waals surface area contributed by atoms with E-state index in [2.05, 4.69) is 17.6 Å². The monoisotopic (exact) mass is 257 g/mol. The van der Waals surface area contributed by atoms with Crippen molar-refractivity contribution in [1.29, 1.82) is 5.26 Å². The van der Waals surface area contributed by atoms with E-state index in [1.165, 1.54) is 6.20 Å². The number of anilines is 1. The van der Waals surface area contributed by atoms with Crippen LogP contribution in [0.25, 0.3) is 0 Å². The fourth-order valence-corrected chi connectivity index (χ4v) is 1.52. The molecule has 1 aromatic rings. The first kappa shape index (κ1) is 14.8. The molecule has 100 valence electrons. The number of rotatable bonds is 6. The summed E-state index contributed by atoms with van der Waals surface area (Å²) in [6.07, 6.45) is 3.55. The average molecular weight is 257 g/mol. The van der Waals surface area contributed by atoms with Crippen LogP contribution in [0.3, 0.4) is 0 Å². The number of hydrogen-bond donors (Lipinski definition) is 2. The number of nitriles is 1. The lowest BCUT2D eigenvalue weighted by atomic mass is 10.2. The molecule has 0 saturated carbocycles. The van der Waals surface area contributed by atoms with Crippen molar-refractivity contribution in [3.8, 4) is 6.07 Å². The minimum absolute atomic E-state index is 0.0811. The zero-order chi connectivity index (χ0) is 14.1. The summed E-state index contributed by atoms with van der Waals surface area (Å²) >= 11 is 0. The number of nitrogens with zero attached hydrogens (tertiary/aromatic N) is 1. The van der Waals surface area contributed by atoms with Crippen LogP contribution in [0.5, 0.6) is 0 Å². The Morgan fingerprint density at radius 3 is 2.89 bits per heavy atom. The number of hydrogen-bond acceptors (Lipinski definition) is 3. The third-order valence-corrected chi connectivity index (χ3v) is 2.56. The number of benzene rings is 1. The van der Waals surface area contributed by atoms with Crippen LogP contribution in [-0.4, -0.2) is 12.5 Å². The molecular weight excluding hydrogens is 238 g/mol. The molecule has 0 unspecified atom stereocenters. The Bertz CT molecular complexity index is 500. The van der Waals surface area contributed by atoms with Gasteiger partial charge in [0.25, 0.3) is 5.91 Å². The first-order valence-electron chi connectivity index (χ1n) is 6.39. The van der Waals surface area contributed by atoms with Crippen LogP contribution in [0.15, 0.2) is 36.0 Å². The maximum atomic E-state index is 11.9. The zero-order valence-corrected chi connectivity index (χ0v) is 11.4. The first-order chi connectivity index (χ1) is 9.17. The molecule has 0 aliphatic rings. The summed E-state index contributed by atoms with van der Waals surface area (Å²) in [6.45, 7) is 4.80. The minimum Gasteiger partial charge on any atom is -0.390 e. The van der Waals surface area contributed by atoms with Crippen LogP contribution in [0.1, 0.15) is 25.3 Å². The molecule has 0 atom stereocenters. The van der Waals surface area contributed by atoms with Crippen molar-refractivity contribution in [3.05, 3.63) is 41.6 Å². The fourth-order valence-electron chi connectivity index (χ4n) is 1.52. The Kier molecular flexibility index (Phi) is 6.17. The number of nitrogens with one attached hydrogen (secondary N) is 2. The highest BCUT2D eigenvalue weighted by Crippen LogP contribution is 2.10. The van der Waals surface area contributed by atoms with Crippen molar-refractivity contribution in [3.63, 3.8) is 0 Å². The van der Waals surface area contributed by atoms with Gasteiger partial charge in [-0.05, 0) is 31.0 Å². The molecule has 2 N–H and O–H groups in total. The maximum Gasteiger partial charge on any atom is 0.267 e. The number of carbonyl (C=O) groups is 1. The molecule has 4 nitrogen and oxygen atoms in total. The van der Waals surface area contributed by atoms with E-state index in [4.69, 9.17) is 5.26 Å². The molecule has 0 fully saturated rings. The van der Waals surface area contributed by atoms with E-state index in [1.54, 1.807) is 6.07 Å². The van der Waals surface area contributed by atoms with Gasteiger partial charge in [-0.25, -0.2) is 0 Å². The second-order valence-electron chi connectivity index (χ2n) is 4.30. The molecule has 0 aromatic heterocycles. The van der Waals surface area contributed by atoms with Crippen molar-refractivity contribution >= 4 is 11.6 Å². The van der Waals surface area contributed by atoms with Gasteiger partial charge in [0.15, 0.2) is 0 Å². The summed E-state index contributed by atoms with van der Waals surface area (Å²) in [5, 5.41) is 14.6. The van der Waals surface area contributed by atoms with Gasteiger partial charge in [0.05, 0.1) is 0 Å². The van der Waals surface area contributed by atoms with Gasteiger partial charge in [-0.1, -0.05) is 25.5 Å². The lowest BCUT2D eigenvalue weighted by molar-refractivity contribution is -0.112. The highest BCUT2D eigenvalue weighted by molar-refractivity contribution is 6.06. The standard InChI is InChI=1S/C15H19N3O/c1-3-4-8-17-11-13(10-16)15(19)18-14-7-5-6-12(2)9-14/h5-7,9,11,17H,3-4,8H2,1-2H3,(H,18,19)/b13-11-. The van der Waals surface area contributed by atoms with E-state index in [-0.39, 0.29) is 5.57 Å². The Labute approximate surface area is 114 Å².